The molecule has 1 amide bonds. The molecule has 3 aromatic rings. The minimum Gasteiger partial charge on any atom is -0.453 e. The van der Waals surface area contributed by atoms with Crippen LogP contribution < -0.4 is 10.0 Å². The van der Waals surface area contributed by atoms with Crippen molar-refractivity contribution in [2.75, 3.05) is 12.4 Å². The van der Waals surface area contributed by atoms with Gasteiger partial charge in [0, 0.05) is 11.6 Å². The van der Waals surface area contributed by atoms with Gasteiger partial charge in [-0.25, -0.2) is 9.78 Å². The summed E-state index contributed by atoms with van der Waals surface area (Å²) in [6.07, 6.45) is 4.35. The van der Waals surface area contributed by atoms with Crippen LogP contribution in [0.5, 0.6) is 0 Å². The van der Waals surface area contributed by atoms with Gasteiger partial charge in [-0.05, 0) is 56.3 Å². The maximum absolute atomic E-state index is 11.6. The Labute approximate surface area is 166 Å². The molecule has 1 aliphatic rings. The molecule has 2 aromatic heterocycles. The molecule has 1 saturated carbocycles. The maximum Gasteiger partial charge on any atom is 0.413 e. The third-order valence-corrected chi connectivity index (χ3v) is 5.95. The third kappa shape index (κ3) is 3.72. The van der Waals surface area contributed by atoms with E-state index in [9.17, 15) is 4.79 Å². The first kappa shape index (κ1) is 18.8. The van der Waals surface area contributed by atoms with E-state index >= 15 is 0 Å². The van der Waals surface area contributed by atoms with Gasteiger partial charge in [-0.1, -0.05) is 18.0 Å². The number of benzene rings is 1. The lowest BCUT2D eigenvalue weighted by atomic mass is 10.0. The zero-order chi connectivity index (χ0) is 19.7. The quantitative estimate of drug-likeness (QED) is 0.539. The topological polar surface area (TPSA) is 105 Å². The number of aromatic amines is 1. The molecule has 0 unspecified atom stereocenters. The van der Waals surface area contributed by atoms with Crippen molar-refractivity contribution < 1.29 is 14.1 Å². The first-order valence-corrected chi connectivity index (χ1v) is 10.1. The van der Waals surface area contributed by atoms with Gasteiger partial charge in [0.2, 0.25) is 5.95 Å². The molecule has 4 rings (SSSR count). The summed E-state index contributed by atoms with van der Waals surface area (Å²) in [5.41, 5.74) is 4.41. The highest BCUT2D eigenvalue weighted by molar-refractivity contribution is 7.97. The van der Waals surface area contributed by atoms with Gasteiger partial charge in [0.15, 0.2) is 0 Å². The smallest absolute Gasteiger partial charge is 0.413 e. The highest BCUT2D eigenvalue weighted by Gasteiger charge is 2.19. The van der Waals surface area contributed by atoms with Gasteiger partial charge in [0.25, 0.3) is 0 Å². The minimum absolute atomic E-state index is 0.348. The number of H-pyrrole nitrogens is 1. The third-order valence-electron chi connectivity index (χ3n) is 4.97. The van der Waals surface area contributed by atoms with Crippen molar-refractivity contribution in [2.24, 2.45) is 0 Å². The number of imidazole rings is 1. The van der Waals surface area contributed by atoms with Crippen LogP contribution in [0.15, 0.2) is 21.6 Å². The molecule has 1 aliphatic carbocycles. The number of nitrogens with zero attached hydrogens (tertiary/aromatic N) is 2. The molecule has 9 heteroatoms. The molecule has 0 radical (unpaired) electrons. The lowest BCUT2D eigenvalue weighted by Crippen LogP contribution is -2.18. The van der Waals surface area contributed by atoms with Crippen molar-refractivity contribution in [1.29, 1.82) is 0 Å². The van der Waals surface area contributed by atoms with Crippen molar-refractivity contribution >= 4 is 35.0 Å². The van der Waals surface area contributed by atoms with E-state index in [1.54, 1.807) is 11.9 Å². The molecule has 1 fully saturated rings. The molecule has 0 atom stereocenters. The number of ether oxygens (including phenoxy) is 1. The van der Waals surface area contributed by atoms with Crippen LogP contribution in [0.2, 0.25) is 0 Å². The number of amides is 1. The number of carbonyl (C=O) groups excluding carboxylic acids is 1. The fraction of sp³-hybridized carbons (Fsp3) is 0.421. The number of aryl methyl sites for hydroxylation is 2. The molecular formula is C19H23N5O3S. The molecule has 3 N–H and O–H groups in total. The summed E-state index contributed by atoms with van der Waals surface area (Å²) in [5, 5.41) is 6.66. The highest BCUT2D eigenvalue weighted by atomic mass is 32.2. The number of anilines is 1. The molecule has 0 aliphatic heterocycles. The molecule has 28 heavy (non-hydrogen) atoms. The van der Waals surface area contributed by atoms with Gasteiger partial charge in [0.1, 0.15) is 11.3 Å². The Morgan fingerprint density at radius 3 is 2.79 bits per heavy atom. The zero-order valence-corrected chi connectivity index (χ0v) is 16.9. The highest BCUT2D eigenvalue weighted by Crippen LogP contribution is 2.35. The van der Waals surface area contributed by atoms with Crippen LogP contribution in [-0.2, 0) is 4.74 Å². The average Bonchev–Trinajstić information content (AvgIpc) is 3.40. The predicted octanol–water partition coefficient (Wildman–Crippen LogP) is 4.55. The van der Waals surface area contributed by atoms with Crippen molar-refractivity contribution in [1.82, 2.24) is 19.8 Å². The summed E-state index contributed by atoms with van der Waals surface area (Å²) in [5.74, 6) is 1.12. The van der Waals surface area contributed by atoms with E-state index in [0.717, 1.165) is 38.5 Å². The SMILES string of the molecule is COC(=O)Nc1nc2c(SNC3CCCC3)cc(-c3c(C)noc3C)cc2[nH]1. The van der Waals surface area contributed by atoms with Crippen molar-refractivity contribution in [3.63, 3.8) is 0 Å². The fourth-order valence-electron chi connectivity index (χ4n) is 3.60. The van der Waals surface area contributed by atoms with Crippen molar-refractivity contribution in [3.05, 3.63) is 23.6 Å². The Balaban J connectivity index is 1.74. The molecule has 0 saturated heterocycles. The van der Waals surface area contributed by atoms with E-state index in [-0.39, 0.29) is 0 Å². The summed E-state index contributed by atoms with van der Waals surface area (Å²) in [6.45, 7) is 3.83. The van der Waals surface area contributed by atoms with Crippen molar-refractivity contribution in [2.45, 2.75) is 50.5 Å². The van der Waals surface area contributed by atoms with E-state index in [1.165, 1.54) is 32.8 Å². The zero-order valence-electron chi connectivity index (χ0n) is 16.1. The fourth-order valence-corrected chi connectivity index (χ4v) is 4.57. The number of fused-ring (bicyclic) bond motifs is 1. The summed E-state index contributed by atoms with van der Waals surface area (Å²) >= 11 is 1.58. The maximum atomic E-state index is 11.6. The standard InChI is InChI=1S/C19H23N5O3S/c1-10-16(11(2)27-23-10)12-8-14-17(21-18(20-14)22-19(25)26-3)15(9-12)28-24-13-6-4-5-7-13/h8-9,13,24H,4-7H2,1-3H3,(H2,20,21,22,25). The first-order valence-electron chi connectivity index (χ1n) is 9.29. The number of methoxy groups -OCH3 is 1. The van der Waals surface area contributed by atoms with Crippen molar-refractivity contribution in [3.8, 4) is 11.1 Å². The second-order valence-electron chi connectivity index (χ2n) is 6.97. The van der Waals surface area contributed by atoms with Gasteiger partial charge in [0.05, 0.1) is 23.2 Å². The molecule has 1 aromatic carbocycles. The van der Waals surface area contributed by atoms with E-state index in [2.05, 4.69) is 36.0 Å². The molecule has 2 heterocycles. The van der Waals surface area contributed by atoms with Crippen LogP contribution in [0.1, 0.15) is 37.1 Å². The number of rotatable bonds is 5. The van der Waals surface area contributed by atoms with E-state index in [1.807, 2.05) is 19.9 Å². The Bertz CT molecular complexity index is 987. The lowest BCUT2D eigenvalue weighted by Gasteiger charge is -2.12. The van der Waals surface area contributed by atoms with Crippen LogP contribution in [0.3, 0.4) is 0 Å². The van der Waals surface area contributed by atoms with E-state index < -0.39 is 6.09 Å². The Morgan fingerprint density at radius 1 is 1.32 bits per heavy atom. The van der Waals surface area contributed by atoms with E-state index in [0.29, 0.717) is 12.0 Å². The van der Waals surface area contributed by atoms with Gasteiger partial charge >= 0.3 is 6.09 Å². The Morgan fingerprint density at radius 2 is 2.11 bits per heavy atom. The summed E-state index contributed by atoms with van der Waals surface area (Å²) in [4.78, 5) is 20.2. The number of carbonyl (C=O) groups is 1. The number of hydrogen-bond acceptors (Lipinski definition) is 7. The second-order valence-corrected chi connectivity index (χ2v) is 7.85. The molecule has 8 nitrogen and oxygen atoms in total. The number of nitrogens with one attached hydrogen (secondary N) is 3. The van der Waals surface area contributed by atoms with E-state index in [4.69, 9.17) is 4.52 Å². The molecule has 0 spiro atoms. The first-order chi connectivity index (χ1) is 13.5. The molecule has 0 bridgehead atoms. The van der Waals surface area contributed by atoms with Crippen LogP contribution in [-0.4, -0.2) is 34.4 Å². The van der Waals surface area contributed by atoms with Gasteiger partial charge in [-0.15, -0.1) is 0 Å². The average molecular weight is 401 g/mol. The Hall–Kier alpha value is -2.52. The lowest BCUT2D eigenvalue weighted by molar-refractivity contribution is 0.186. The molecule has 148 valence electrons. The summed E-state index contributed by atoms with van der Waals surface area (Å²) < 4.78 is 13.6. The van der Waals surface area contributed by atoms with Crippen LogP contribution >= 0.6 is 11.9 Å². The van der Waals surface area contributed by atoms with Gasteiger partial charge < -0.3 is 14.2 Å². The van der Waals surface area contributed by atoms with Gasteiger partial charge in [-0.3, -0.25) is 10.0 Å². The normalized spacial score (nSPS) is 14.7. The van der Waals surface area contributed by atoms with Crippen LogP contribution in [0.4, 0.5) is 10.7 Å². The number of aromatic nitrogens is 3. The largest absolute Gasteiger partial charge is 0.453 e. The summed E-state index contributed by atoms with van der Waals surface area (Å²) in [6, 6.07) is 4.59. The van der Waals surface area contributed by atoms with Crippen LogP contribution in [0.25, 0.3) is 22.2 Å². The monoisotopic (exact) mass is 401 g/mol. The Kier molecular flexibility index (Phi) is 5.27. The van der Waals surface area contributed by atoms with Gasteiger partial charge in [-0.2, -0.15) is 0 Å². The predicted molar refractivity (Wildman–Crippen MR) is 108 cm³/mol. The van der Waals surface area contributed by atoms with Crippen LogP contribution in [0, 0.1) is 13.8 Å². The molecular weight excluding hydrogens is 378 g/mol. The number of hydrogen-bond donors (Lipinski definition) is 3. The summed E-state index contributed by atoms with van der Waals surface area (Å²) in [7, 11) is 1.32. The minimum atomic E-state index is -0.566. The second kappa shape index (κ2) is 7.84.